The highest BCUT2D eigenvalue weighted by molar-refractivity contribution is 14.1. The number of hydrogen-bond donors (Lipinski definition) is 1. The molecule has 2 rings (SSSR count). The molecule has 0 aromatic heterocycles. The Morgan fingerprint density at radius 3 is 2.55 bits per heavy atom. The zero-order valence-corrected chi connectivity index (χ0v) is 13.1. The van der Waals surface area contributed by atoms with Gasteiger partial charge in [0.05, 0.1) is 5.56 Å². The monoisotopic (exact) mass is 378 g/mol. The first-order valence-corrected chi connectivity index (χ1v) is 7.45. The van der Waals surface area contributed by atoms with Gasteiger partial charge in [-0.05, 0) is 53.1 Å². The summed E-state index contributed by atoms with van der Waals surface area (Å²) in [7, 11) is 0. The van der Waals surface area contributed by atoms with E-state index in [1.807, 2.05) is 36.4 Å². The summed E-state index contributed by atoms with van der Waals surface area (Å²) < 4.78 is 0.919. The zero-order chi connectivity index (χ0) is 14.2. The Kier molecular flexibility index (Phi) is 5.73. The van der Waals surface area contributed by atoms with E-state index < -0.39 is 0 Å². The number of benzene rings is 2. The van der Waals surface area contributed by atoms with Gasteiger partial charge < -0.3 is 0 Å². The molecule has 0 atom stereocenters. The second-order valence-corrected chi connectivity index (χ2v) is 5.42. The molecule has 0 saturated carbocycles. The molecule has 0 saturated heterocycles. The van der Waals surface area contributed by atoms with Crippen molar-refractivity contribution in [1.82, 2.24) is 5.43 Å². The third-order valence-corrected chi connectivity index (χ3v) is 3.72. The van der Waals surface area contributed by atoms with E-state index in [9.17, 15) is 4.79 Å². The van der Waals surface area contributed by atoms with Crippen molar-refractivity contribution < 1.29 is 4.79 Å². The molecule has 102 valence electrons. The maximum absolute atomic E-state index is 11.9. The average Bonchev–Trinajstić information content (AvgIpc) is 2.48. The summed E-state index contributed by atoms with van der Waals surface area (Å²) in [4.78, 5) is 11.9. The Bertz CT molecular complexity index is 596. The van der Waals surface area contributed by atoms with E-state index in [-0.39, 0.29) is 5.91 Å². The molecule has 4 heteroatoms. The summed E-state index contributed by atoms with van der Waals surface area (Å²) in [6.07, 6.45) is 3.46. The number of carbonyl (C=O) groups excluding carboxylic acids is 1. The van der Waals surface area contributed by atoms with Gasteiger partial charge in [-0.3, -0.25) is 4.79 Å². The lowest BCUT2D eigenvalue weighted by Crippen LogP contribution is -2.18. The van der Waals surface area contributed by atoms with E-state index in [0.29, 0.717) is 5.56 Å². The third kappa shape index (κ3) is 4.45. The van der Waals surface area contributed by atoms with Crippen LogP contribution in [0.4, 0.5) is 0 Å². The molecule has 0 aliphatic rings. The molecule has 2 aromatic carbocycles. The summed E-state index contributed by atoms with van der Waals surface area (Å²) in [5.41, 5.74) is 4.46. The Morgan fingerprint density at radius 2 is 1.80 bits per heavy atom. The lowest BCUT2D eigenvalue weighted by Gasteiger charge is -2.02. The molecule has 1 N–H and O–H groups in total. The maximum atomic E-state index is 11.9. The first-order chi connectivity index (χ1) is 9.77. The number of halogens is 1. The molecule has 0 unspecified atom stereocenters. The molecule has 1 amide bonds. The van der Waals surface area contributed by atoms with Gasteiger partial charge >= 0.3 is 0 Å². The Hall–Kier alpha value is -1.69. The number of aryl methyl sites for hydroxylation is 1. The number of nitrogens with one attached hydrogen (secondary N) is 1. The Morgan fingerprint density at radius 1 is 1.10 bits per heavy atom. The predicted octanol–water partition coefficient (Wildman–Crippen LogP) is 3.64. The minimum atomic E-state index is -0.175. The summed E-state index contributed by atoms with van der Waals surface area (Å²) in [6, 6.07) is 17.6. The van der Waals surface area contributed by atoms with Gasteiger partial charge in [0.2, 0.25) is 0 Å². The number of hydrogen-bond acceptors (Lipinski definition) is 2. The molecule has 0 heterocycles. The molecular weight excluding hydrogens is 363 g/mol. The van der Waals surface area contributed by atoms with Gasteiger partial charge in [-0.25, -0.2) is 5.43 Å². The molecule has 0 aliphatic heterocycles. The first-order valence-electron chi connectivity index (χ1n) is 6.37. The zero-order valence-electron chi connectivity index (χ0n) is 10.9. The summed E-state index contributed by atoms with van der Waals surface area (Å²) in [5.74, 6) is -0.175. The predicted molar refractivity (Wildman–Crippen MR) is 89.9 cm³/mol. The first kappa shape index (κ1) is 14.7. The second kappa shape index (κ2) is 7.79. The number of amides is 1. The van der Waals surface area contributed by atoms with Crippen molar-refractivity contribution in [3.8, 4) is 0 Å². The van der Waals surface area contributed by atoms with Crippen LogP contribution in [-0.4, -0.2) is 12.1 Å². The number of hydrazone groups is 1. The topological polar surface area (TPSA) is 41.5 Å². The standard InChI is InChI=1S/C16H15IN2O/c17-15-11-5-4-10-14(15)16(20)19-18-12-6-9-13-7-2-1-3-8-13/h1-5,7-8,10-12H,6,9H2,(H,19,20)/b18-12+. The quantitative estimate of drug-likeness (QED) is 0.482. The van der Waals surface area contributed by atoms with Gasteiger partial charge in [0.25, 0.3) is 5.91 Å². The van der Waals surface area contributed by atoms with E-state index in [0.717, 1.165) is 16.4 Å². The molecule has 3 nitrogen and oxygen atoms in total. The van der Waals surface area contributed by atoms with Crippen LogP contribution in [-0.2, 0) is 6.42 Å². The van der Waals surface area contributed by atoms with E-state index >= 15 is 0 Å². The van der Waals surface area contributed by atoms with Crippen molar-refractivity contribution >= 4 is 34.7 Å². The SMILES string of the molecule is O=C(N/N=C/CCc1ccccc1)c1ccccc1I. The fourth-order valence-corrected chi connectivity index (χ4v) is 2.38. The Balaban J connectivity index is 1.79. The fourth-order valence-electron chi connectivity index (χ4n) is 1.75. The van der Waals surface area contributed by atoms with Gasteiger partial charge in [-0.2, -0.15) is 5.10 Å². The van der Waals surface area contributed by atoms with Crippen molar-refractivity contribution in [2.24, 2.45) is 5.10 Å². The van der Waals surface area contributed by atoms with Crippen LogP contribution in [0.25, 0.3) is 0 Å². The van der Waals surface area contributed by atoms with Gasteiger partial charge in [0, 0.05) is 9.78 Å². The van der Waals surface area contributed by atoms with Crippen molar-refractivity contribution in [2.75, 3.05) is 0 Å². The summed E-state index contributed by atoms with van der Waals surface area (Å²) in [6.45, 7) is 0. The Labute approximate surface area is 132 Å². The molecule has 0 aliphatic carbocycles. The van der Waals surface area contributed by atoms with Crippen LogP contribution >= 0.6 is 22.6 Å². The number of rotatable bonds is 5. The molecular formula is C16H15IN2O. The lowest BCUT2D eigenvalue weighted by molar-refractivity contribution is 0.0954. The van der Waals surface area contributed by atoms with Gasteiger partial charge in [-0.15, -0.1) is 0 Å². The number of carbonyl (C=O) groups is 1. The minimum absolute atomic E-state index is 0.175. The van der Waals surface area contributed by atoms with E-state index in [2.05, 4.69) is 45.3 Å². The smallest absolute Gasteiger partial charge is 0.267 e. The van der Waals surface area contributed by atoms with Crippen LogP contribution in [0.15, 0.2) is 59.7 Å². The van der Waals surface area contributed by atoms with Crippen LogP contribution in [0.3, 0.4) is 0 Å². The molecule has 2 aromatic rings. The summed E-state index contributed by atoms with van der Waals surface area (Å²) >= 11 is 2.14. The second-order valence-electron chi connectivity index (χ2n) is 4.26. The molecule has 0 radical (unpaired) electrons. The van der Waals surface area contributed by atoms with Crippen LogP contribution in [0.5, 0.6) is 0 Å². The van der Waals surface area contributed by atoms with Gasteiger partial charge in [0.1, 0.15) is 0 Å². The number of nitrogens with zero attached hydrogens (tertiary/aromatic N) is 1. The van der Waals surface area contributed by atoms with E-state index in [1.54, 1.807) is 12.3 Å². The normalized spacial score (nSPS) is 10.7. The lowest BCUT2D eigenvalue weighted by atomic mass is 10.1. The molecule has 0 bridgehead atoms. The van der Waals surface area contributed by atoms with Crippen molar-refractivity contribution in [3.63, 3.8) is 0 Å². The third-order valence-electron chi connectivity index (χ3n) is 2.78. The maximum Gasteiger partial charge on any atom is 0.272 e. The van der Waals surface area contributed by atoms with Gasteiger partial charge in [-0.1, -0.05) is 42.5 Å². The molecule has 20 heavy (non-hydrogen) atoms. The molecule has 0 fully saturated rings. The van der Waals surface area contributed by atoms with Crippen LogP contribution in [0.2, 0.25) is 0 Å². The van der Waals surface area contributed by atoms with Crippen molar-refractivity contribution in [3.05, 3.63) is 69.3 Å². The minimum Gasteiger partial charge on any atom is -0.267 e. The van der Waals surface area contributed by atoms with Crippen molar-refractivity contribution in [2.45, 2.75) is 12.8 Å². The molecule has 0 spiro atoms. The average molecular weight is 378 g/mol. The fraction of sp³-hybridized carbons (Fsp3) is 0.125. The van der Waals surface area contributed by atoms with Crippen LogP contribution in [0, 0.1) is 3.57 Å². The van der Waals surface area contributed by atoms with Crippen LogP contribution < -0.4 is 5.43 Å². The van der Waals surface area contributed by atoms with E-state index in [4.69, 9.17) is 0 Å². The largest absolute Gasteiger partial charge is 0.272 e. The highest BCUT2D eigenvalue weighted by Gasteiger charge is 2.06. The van der Waals surface area contributed by atoms with Crippen molar-refractivity contribution in [1.29, 1.82) is 0 Å². The van der Waals surface area contributed by atoms with E-state index in [1.165, 1.54) is 5.56 Å². The summed E-state index contributed by atoms with van der Waals surface area (Å²) in [5, 5.41) is 3.98. The highest BCUT2D eigenvalue weighted by atomic mass is 127. The van der Waals surface area contributed by atoms with Crippen LogP contribution in [0.1, 0.15) is 22.3 Å². The highest BCUT2D eigenvalue weighted by Crippen LogP contribution is 2.10. The van der Waals surface area contributed by atoms with Gasteiger partial charge in [0.15, 0.2) is 0 Å².